The maximum Gasteiger partial charge on any atom is 0.289 e. The van der Waals surface area contributed by atoms with Crippen LogP contribution in [0.3, 0.4) is 0 Å². The van der Waals surface area contributed by atoms with E-state index in [1.165, 1.54) is 10.9 Å². The number of primary amides is 1. The minimum Gasteiger partial charge on any atom is -0.386 e. The van der Waals surface area contributed by atoms with Gasteiger partial charge in [0, 0.05) is 25.5 Å². The quantitative estimate of drug-likeness (QED) is 0.462. The molecule has 0 radical (unpaired) electrons. The number of nitrogens with one attached hydrogen (secondary N) is 2. The van der Waals surface area contributed by atoms with Crippen molar-refractivity contribution in [1.82, 2.24) is 24.7 Å². The minimum atomic E-state index is -0.792. The summed E-state index contributed by atoms with van der Waals surface area (Å²) < 4.78 is 6.36. The molecule has 4 heterocycles. The lowest BCUT2D eigenvalue weighted by atomic mass is 10.2. The highest BCUT2D eigenvalue weighted by molar-refractivity contribution is 6.04. The SMILES string of the molecule is CNc1cc(Nc2cccn(-c3ccncn3)c2=O)nc2c(C(N)=O)onc12. The molecule has 0 spiro atoms. The summed E-state index contributed by atoms with van der Waals surface area (Å²) in [6.07, 6.45) is 4.49. The molecule has 4 N–H and O–H groups in total. The van der Waals surface area contributed by atoms with Gasteiger partial charge in [-0.3, -0.25) is 14.2 Å². The number of hydrogen-bond donors (Lipinski definition) is 3. The fourth-order valence-corrected chi connectivity index (χ4v) is 2.67. The highest BCUT2D eigenvalue weighted by Gasteiger charge is 2.19. The standard InChI is InChI=1S/C17H14N8O3/c1-19-10-7-11(23-14-13(10)24-28-15(14)16(18)26)22-9-3-2-6-25(17(9)27)12-4-5-20-8-21-12/h2-8,19H,1H3,(H2,18,26)(H,22,23). The molecule has 28 heavy (non-hydrogen) atoms. The zero-order valence-corrected chi connectivity index (χ0v) is 14.6. The van der Waals surface area contributed by atoms with Gasteiger partial charge in [-0.15, -0.1) is 0 Å². The van der Waals surface area contributed by atoms with Crippen LogP contribution in [-0.2, 0) is 0 Å². The Kier molecular flexibility index (Phi) is 4.16. The number of amides is 1. The number of carbonyl (C=O) groups excluding carboxylic acids is 1. The monoisotopic (exact) mass is 378 g/mol. The maximum atomic E-state index is 12.8. The predicted octanol–water partition coefficient (Wildman–Crippen LogP) is 1.05. The van der Waals surface area contributed by atoms with E-state index in [0.717, 1.165) is 0 Å². The predicted molar refractivity (Wildman–Crippen MR) is 101 cm³/mol. The molecule has 11 nitrogen and oxygen atoms in total. The number of rotatable bonds is 5. The van der Waals surface area contributed by atoms with Crippen LogP contribution in [0.25, 0.3) is 16.9 Å². The van der Waals surface area contributed by atoms with Crippen molar-refractivity contribution in [2.24, 2.45) is 5.73 Å². The van der Waals surface area contributed by atoms with E-state index in [1.54, 1.807) is 43.7 Å². The third-order valence-electron chi connectivity index (χ3n) is 3.95. The molecule has 0 bridgehead atoms. The van der Waals surface area contributed by atoms with Gasteiger partial charge in [0.25, 0.3) is 11.5 Å². The van der Waals surface area contributed by atoms with Crippen LogP contribution in [-0.4, -0.2) is 37.6 Å². The molecule has 0 aromatic carbocycles. The van der Waals surface area contributed by atoms with E-state index in [2.05, 4.69) is 30.7 Å². The Balaban J connectivity index is 1.80. The molecule has 0 fully saturated rings. The molecular formula is C17H14N8O3. The zero-order valence-electron chi connectivity index (χ0n) is 14.6. The highest BCUT2D eigenvalue weighted by atomic mass is 16.5. The summed E-state index contributed by atoms with van der Waals surface area (Å²) in [6, 6.07) is 6.55. The molecular weight excluding hydrogens is 364 g/mol. The number of nitrogens with zero attached hydrogens (tertiary/aromatic N) is 5. The van der Waals surface area contributed by atoms with Crippen LogP contribution in [0.1, 0.15) is 10.6 Å². The van der Waals surface area contributed by atoms with Crippen molar-refractivity contribution in [3.8, 4) is 5.82 Å². The van der Waals surface area contributed by atoms with Crippen molar-refractivity contribution in [3.05, 3.63) is 59.1 Å². The smallest absolute Gasteiger partial charge is 0.289 e. The lowest BCUT2D eigenvalue weighted by molar-refractivity contribution is 0.0967. The summed E-state index contributed by atoms with van der Waals surface area (Å²) >= 11 is 0. The third kappa shape index (κ3) is 2.90. The van der Waals surface area contributed by atoms with Crippen LogP contribution >= 0.6 is 0 Å². The second-order valence-corrected chi connectivity index (χ2v) is 5.67. The molecule has 4 aromatic rings. The summed E-state index contributed by atoms with van der Waals surface area (Å²) in [6.45, 7) is 0. The van der Waals surface area contributed by atoms with E-state index in [4.69, 9.17) is 10.3 Å². The Morgan fingerprint density at radius 2 is 2.11 bits per heavy atom. The normalized spacial score (nSPS) is 10.8. The van der Waals surface area contributed by atoms with Crippen molar-refractivity contribution in [2.45, 2.75) is 0 Å². The van der Waals surface area contributed by atoms with Crippen LogP contribution in [0.5, 0.6) is 0 Å². The zero-order chi connectivity index (χ0) is 19.7. The first-order valence-electron chi connectivity index (χ1n) is 8.11. The summed E-state index contributed by atoms with van der Waals surface area (Å²) in [4.78, 5) is 36.6. The summed E-state index contributed by atoms with van der Waals surface area (Å²) in [5.41, 5.74) is 6.32. The molecule has 1 amide bonds. The lowest BCUT2D eigenvalue weighted by Crippen LogP contribution is -2.21. The average molecular weight is 378 g/mol. The number of fused-ring (bicyclic) bond motifs is 1. The number of aromatic nitrogens is 5. The Bertz CT molecular complexity index is 1230. The molecule has 4 rings (SSSR count). The second kappa shape index (κ2) is 6.79. The van der Waals surface area contributed by atoms with Crippen LogP contribution in [0.15, 0.2) is 52.3 Å². The molecule has 0 saturated carbocycles. The van der Waals surface area contributed by atoms with Gasteiger partial charge >= 0.3 is 0 Å². The van der Waals surface area contributed by atoms with Gasteiger partial charge in [0.05, 0.1) is 5.69 Å². The van der Waals surface area contributed by atoms with Crippen LogP contribution in [0.4, 0.5) is 17.2 Å². The lowest BCUT2D eigenvalue weighted by Gasteiger charge is -2.10. The molecule has 0 atom stereocenters. The number of anilines is 3. The summed E-state index contributed by atoms with van der Waals surface area (Å²) in [5, 5.41) is 9.72. The molecule has 4 aromatic heterocycles. The van der Waals surface area contributed by atoms with Crippen LogP contribution in [0, 0.1) is 0 Å². The first-order valence-corrected chi connectivity index (χ1v) is 8.11. The minimum absolute atomic E-state index is 0.165. The fourth-order valence-electron chi connectivity index (χ4n) is 2.67. The molecule has 0 aliphatic rings. The molecule has 0 aliphatic heterocycles. The third-order valence-corrected chi connectivity index (χ3v) is 3.95. The van der Waals surface area contributed by atoms with Crippen LogP contribution in [0.2, 0.25) is 0 Å². The Morgan fingerprint density at radius 1 is 1.25 bits per heavy atom. The topological polar surface area (TPSA) is 154 Å². The van der Waals surface area contributed by atoms with Gasteiger partial charge in [0.15, 0.2) is 5.52 Å². The van der Waals surface area contributed by atoms with Crippen molar-refractivity contribution < 1.29 is 9.32 Å². The van der Waals surface area contributed by atoms with E-state index in [1.807, 2.05) is 0 Å². The van der Waals surface area contributed by atoms with Gasteiger partial charge in [-0.05, 0) is 18.2 Å². The van der Waals surface area contributed by atoms with Gasteiger partial charge in [-0.25, -0.2) is 15.0 Å². The van der Waals surface area contributed by atoms with E-state index < -0.39 is 5.91 Å². The maximum absolute atomic E-state index is 12.8. The van der Waals surface area contributed by atoms with E-state index in [-0.39, 0.29) is 22.5 Å². The van der Waals surface area contributed by atoms with Crippen molar-refractivity contribution in [3.63, 3.8) is 0 Å². The number of nitrogens with two attached hydrogens (primary N) is 1. The van der Waals surface area contributed by atoms with E-state index in [0.29, 0.717) is 22.8 Å². The van der Waals surface area contributed by atoms with Gasteiger partial charge < -0.3 is 20.9 Å². The number of carbonyl (C=O) groups is 1. The Labute approximate surface area is 157 Å². The fraction of sp³-hybridized carbons (Fsp3) is 0.0588. The second-order valence-electron chi connectivity index (χ2n) is 5.67. The average Bonchev–Trinajstić information content (AvgIpc) is 3.14. The summed E-state index contributed by atoms with van der Waals surface area (Å²) in [7, 11) is 1.68. The number of hydrogen-bond acceptors (Lipinski definition) is 9. The molecule has 140 valence electrons. The highest BCUT2D eigenvalue weighted by Crippen LogP contribution is 2.27. The molecule has 11 heteroatoms. The largest absolute Gasteiger partial charge is 0.386 e. The Morgan fingerprint density at radius 3 is 2.82 bits per heavy atom. The first-order chi connectivity index (χ1) is 13.6. The first kappa shape index (κ1) is 17.1. The summed E-state index contributed by atoms with van der Waals surface area (Å²) in [5.74, 6) is -0.222. The Hall–Kier alpha value is -4.28. The van der Waals surface area contributed by atoms with Crippen molar-refractivity contribution >= 4 is 34.1 Å². The van der Waals surface area contributed by atoms with E-state index in [9.17, 15) is 9.59 Å². The molecule has 0 saturated heterocycles. The van der Waals surface area contributed by atoms with Gasteiger partial charge in [-0.2, -0.15) is 0 Å². The van der Waals surface area contributed by atoms with Gasteiger partial charge in [0.2, 0.25) is 5.76 Å². The van der Waals surface area contributed by atoms with Gasteiger partial charge in [-0.1, -0.05) is 5.16 Å². The van der Waals surface area contributed by atoms with E-state index >= 15 is 0 Å². The van der Waals surface area contributed by atoms with Crippen molar-refractivity contribution in [2.75, 3.05) is 17.7 Å². The van der Waals surface area contributed by atoms with Crippen molar-refractivity contribution in [1.29, 1.82) is 0 Å². The number of pyridine rings is 2. The molecule has 0 aliphatic carbocycles. The molecule has 0 unspecified atom stereocenters. The van der Waals surface area contributed by atoms with Gasteiger partial charge in [0.1, 0.15) is 29.2 Å². The van der Waals surface area contributed by atoms with Crippen LogP contribution < -0.4 is 21.9 Å².